The van der Waals surface area contributed by atoms with Gasteiger partial charge < -0.3 is 9.64 Å². The van der Waals surface area contributed by atoms with Crippen molar-refractivity contribution in [1.29, 1.82) is 0 Å². The second-order valence-electron chi connectivity index (χ2n) is 7.85. The molecule has 0 saturated carbocycles. The van der Waals surface area contributed by atoms with Crippen LogP contribution in [0.3, 0.4) is 0 Å². The Kier molecular flexibility index (Phi) is 6.37. The predicted molar refractivity (Wildman–Crippen MR) is 122 cm³/mol. The van der Waals surface area contributed by atoms with Crippen molar-refractivity contribution in [2.75, 3.05) is 33.3 Å². The van der Waals surface area contributed by atoms with E-state index in [2.05, 4.69) is 41.2 Å². The summed E-state index contributed by atoms with van der Waals surface area (Å²) >= 11 is 0. The number of benzene rings is 2. The maximum Gasteiger partial charge on any atom is 0.272 e. The highest BCUT2D eigenvalue weighted by molar-refractivity contribution is 5.94. The first kappa shape index (κ1) is 21.1. The van der Waals surface area contributed by atoms with Gasteiger partial charge in [0.15, 0.2) is 0 Å². The highest BCUT2D eigenvalue weighted by Gasteiger charge is 2.27. The molecule has 1 unspecified atom stereocenters. The van der Waals surface area contributed by atoms with E-state index in [-0.39, 0.29) is 5.91 Å². The van der Waals surface area contributed by atoms with Crippen LogP contribution in [-0.2, 0) is 6.54 Å². The molecule has 3 aromatic rings. The molecule has 6 nitrogen and oxygen atoms in total. The zero-order valence-electron chi connectivity index (χ0n) is 18.5. The lowest BCUT2D eigenvalue weighted by molar-refractivity contribution is 0.0570. The Bertz CT molecular complexity index is 1020. The highest BCUT2D eigenvalue weighted by Crippen LogP contribution is 2.29. The van der Waals surface area contributed by atoms with Crippen LogP contribution in [0.2, 0.25) is 0 Å². The van der Waals surface area contributed by atoms with Crippen molar-refractivity contribution in [3.05, 3.63) is 71.9 Å². The summed E-state index contributed by atoms with van der Waals surface area (Å²) in [6.45, 7) is 8.04. The van der Waals surface area contributed by atoms with E-state index < -0.39 is 0 Å². The van der Waals surface area contributed by atoms with Gasteiger partial charge in [-0.25, -0.2) is 0 Å². The third-order valence-corrected chi connectivity index (χ3v) is 6.11. The number of aromatic nitrogens is 2. The van der Waals surface area contributed by atoms with Crippen LogP contribution in [0.15, 0.2) is 60.7 Å². The summed E-state index contributed by atoms with van der Waals surface area (Å²) in [6.07, 6.45) is 0. The molecule has 1 aromatic heterocycles. The minimum atomic E-state index is 0.0440. The number of rotatable bonds is 6. The maximum atomic E-state index is 13.3. The Morgan fingerprint density at radius 1 is 1.03 bits per heavy atom. The lowest BCUT2D eigenvalue weighted by Crippen LogP contribution is -2.49. The molecule has 2 aromatic carbocycles. The largest absolute Gasteiger partial charge is 0.496 e. The van der Waals surface area contributed by atoms with Gasteiger partial charge in [-0.15, -0.1) is 0 Å². The highest BCUT2D eigenvalue weighted by atomic mass is 16.5. The number of ether oxygens (including phenoxy) is 1. The topological polar surface area (TPSA) is 50.6 Å². The van der Waals surface area contributed by atoms with Gasteiger partial charge in [0.25, 0.3) is 5.91 Å². The summed E-state index contributed by atoms with van der Waals surface area (Å²) in [5, 5.41) is 4.69. The number of carbonyl (C=O) groups is 1. The summed E-state index contributed by atoms with van der Waals surface area (Å²) in [4.78, 5) is 17.7. The average Bonchev–Trinajstić information content (AvgIpc) is 3.28. The molecule has 0 bridgehead atoms. The molecule has 1 fully saturated rings. The number of amides is 1. The number of aryl methyl sites for hydroxylation is 1. The summed E-state index contributed by atoms with van der Waals surface area (Å²) in [6, 6.07) is 20.5. The monoisotopic (exact) mass is 418 g/mol. The van der Waals surface area contributed by atoms with Crippen molar-refractivity contribution >= 4 is 5.91 Å². The Balaban J connectivity index is 1.48. The number of para-hydroxylation sites is 1. The Labute approximate surface area is 184 Å². The summed E-state index contributed by atoms with van der Waals surface area (Å²) in [5.41, 5.74) is 3.60. The molecule has 4 rings (SSSR count). The summed E-state index contributed by atoms with van der Waals surface area (Å²) in [7, 11) is 1.65. The van der Waals surface area contributed by atoms with E-state index in [1.165, 1.54) is 5.56 Å². The van der Waals surface area contributed by atoms with E-state index >= 15 is 0 Å². The summed E-state index contributed by atoms with van der Waals surface area (Å²) in [5.74, 6) is 0.799. The standard InChI is InChI=1S/C25H30N4O2/c1-4-29-23(18-22(26-29)21-12-8-9-13-24(21)31-3)25(30)28-16-14-27(15-17-28)19(2)20-10-6-5-7-11-20/h5-13,18-19H,4,14-17H2,1-3H3. The normalized spacial score (nSPS) is 15.6. The number of methoxy groups -OCH3 is 1. The molecule has 162 valence electrons. The second kappa shape index (κ2) is 9.35. The van der Waals surface area contributed by atoms with Crippen LogP contribution in [0.25, 0.3) is 11.3 Å². The van der Waals surface area contributed by atoms with Crippen LogP contribution in [0, 0.1) is 0 Å². The molecule has 0 N–H and O–H groups in total. The van der Waals surface area contributed by atoms with E-state index in [1.807, 2.05) is 48.2 Å². The van der Waals surface area contributed by atoms with Gasteiger partial charge >= 0.3 is 0 Å². The smallest absolute Gasteiger partial charge is 0.272 e. The molecule has 1 amide bonds. The molecule has 0 radical (unpaired) electrons. The minimum Gasteiger partial charge on any atom is -0.496 e. The van der Waals surface area contributed by atoms with E-state index in [1.54, 1.807) is 11.8 Å². The van der Waals surface area contributed by atoms with Crippen molar-refractivity contribution < 1.29 is 9.53 Å². The number of hydrogen-bond donors (Lipinski definition) is 0. The van der Waals surface area contributed by atoms with Crippen LogP contribution in [0.4, 0.5) is 0 Å². The fourth-order valence-electron chi connectivity index (χ4n) is 4.23. The molecule has 0 spiro atoms. The van der Waals surface area contributed by atoms with Gasteiger partial charge in [-0.3, -0.25) is 14.4 Å². The zero-order chi connectivity index (χ0) is 21.8. The van der Waals surface area contributed by atoms with Crippen molar-refractivity contribution in [3.8, 4) is 17.0 Å². The first-order valence-corrected chi connectivity index (χ1v) is 10.9. The van der Waals surface area contributed by atoms with Gasteiger partial charge in [0.05, 0.1) is 12.8 Å². The van der Waals surface area contributed by atoms with Crippen molar-refractivity contribution in [1.82, 2.24) is 19.6 Å². The average molecular weight is 419 g/mol. The second-order valence-corrected chi connectivity index (χ2v) is 7.85. The van der Waals surface area contributed by atoms with Crippen molar-refractivity contribution in [2.45, 2.75) is 26.4 Å². The first-order chi connectivity index (χ1) is 15.1. The first-order valence-electron chi connectivity index (χ1n) is 10.9. The molecule has 31 heavy (non-hydrogen) atoms. The maximum absolute atomic E-state index is 13.3. The van der Waals surface area contributed by atoms with Crippen LogP contribution < -0.4 is 4.74 Å². The number of carbonyl (C=O) groups excluding carboxylic acids is 1. The number of piperazine rings is 1. The molecule has 1 aliphatic rings. The molecule has 6 heteroatoms. The summed E-state index contributed by atoms with van der Waals surface area (Å²) < 4.78 is 7.27. The van der Waals surface area contributed by atoms with Crippen molar-refractivity contribution in [3.63, 3.8) is 0 Å². The molecule has 1 atom stereocenters. The number of nitrogens with zero attached hydrogens (tertiary/aromatic N) is 4. The molecule has 0 aliphatic carbocycles. The number of hydrogen-bond acceptors (Lipinski definition) is 4. The van der Waals surface area contributed by atoms with Gasteiger partial charge in [0.1, 0.15) is 11.4 Å². The van der Waals surface area contributed by atoms with Crippen LogP contribution in [0.1, 0.15) is 35.9 Å². The van der Waals surface area contributed by atoms with E-state index in [9.17, 15) is 4.79 Å². The van der Waals surface area contributed by atoms with E-state index in [0.29, 0.717) is 18.3 Å². The van der Waals surface area contributed by atoms with Gasteiger partial charge in [-0.1, -0.05) is 42.5 Å². The van der Waals surface area contributed by atoms with Gasteiger partial charge in [-0.2, -0.15) is 5.10 Å². The SMILES string of the molecule is CCn1nc(-c2ccccc2OC)cc1C(=O)N1CCN(C(C)c2ccccc2)CC1. The van der Waals surface area contributed by atoms with E-state index in [4.69, 9.17) is 4.74 Å². The van der Waals surface area contributed by atoms with Gasteiger partial charge in [-0.05, 0) is 37.6 Å². The molecule has 1 saturated heterocycles. The van der Waals surface area contributed by atoms with Crippen LogP contribution in [0.5, 0.6) is 5.75 Å². The molecule has 2 heterocycles. The fraction of sp³-hybridized carbons (Fsp3) is 0.360. The van der Waals surface area contributed by atoms with Crippen LogP contribution >= 0.6 is 0 Å². The fourth-order valence-corrected chi connectivity index (χ4v) is 4.23. The Morgan fingerprint density at radius 3 is 2.39 bits per heavy atom. The van der Waals surface area contributed by atoms with Crippen molar-refractivity contribution in [2.24, 2.45) is 0 Å². The lowest BCUT2D eigenvalue weighted by Gasteiger charge is -2.38. The quantitative estimate of drug-likeness (QED) is 0.605. The van der Waals surface area contributed by atoms with Crippen LogP contribution in [-0.4, -0.2) is 58.8 Å². The van der Waals surface area contributed by atoms with Gasteiger partial charge in [0, 0.05) is 44.3 Å². The van der Waals surface area contributed by atoms with Gasteiger partial charge in [0.2, 0.25) is 0 Å². The molecular weight excluding hydrogens is 388 g/mol. The van der Waals surface area contributed by atoms with E-state index in [0.717, 1.165) is 43.2 Å². The Hall–Kier alpha value is -3.12. The molecular formula is C25H30N4O2. The Morgan fingerprint density at radius 2 is 1.71 bits per heavy atom. The minimum absolute atomic E-state index is 0.0440. The zero-order valence-corrected chi connectivity index (χ0v) is 18.5. The molecule has 1 aliphatic heterocycles. The third kappa shape index (κ3) is 4.35. The third-order valence-electron chi connectivity index (χ3n) is 6.11. The predicted octanol–water partition coefficient (Wildman–Crippen LogP) is 4.10. The lowest BCUT2D eigenvalue weighted by atomic mass is 10.1.